The first-order valence-electron chi connectivity index (χ1n) is 13.5. The summed E-state index contributed by atoms with van der Waals surface area (Å²) in [5, 5.41) is 6.13. The molecule has 2 heterocycles. The third-order valence-electron chi connectivity index (χ3n) is 7.21. The van der Waals surface area contributed by atoms with Crippen LogP contribution in [-0.4, -0.2) is 35.4 Å². The zero-order valence-electron chi connectivity index (χ0n) is 22.0. The predicted molar refractivity (Wildman–Crippen MR) is 154 cm³/mol. The Balaban J connectivity index is 1.52. The van der Waals surface area contributed by atoms with Gasteiger partial charge in [-0.3, -0.25) is 14.5 Å². The minimum absolute atomic E-state index is 0.102. The second-order valence-electron chi connectivity index (χ2n) is 9.83. The lowest BCUT2D eigenvalue weighted by Gasteiger charge is -2.33. The van der Waals surface area contributed by atoms with Gasteiger partial charge in [-0.15, -0.1) is 11.3 Å². The smallest absolute Gasteiger partial charge is 0.338 e. The Hall–Kier alpha value is -3.91. The van der Waals surface area contributed by atoms with Crippen LogP contribution in [-0.2, 0) is 20.7 Å². The molecule has 0 radical (unpaired) electrons. The Labute approximate surface area is 232 Å². The molecule has 2 N–H and O–H groups in total. The number of amides is 2. The van der Waals surface area contributed by atoms with Gasteiger partial charge in [-0.05, 0) is 67.1 Å². The van der Waals surface area contributed by atoms with E-state index in [4.69, 9.17) is 4.74 Å². The van der Waals surface area contributed by atoms with Crippen LogP contribution in [0.4, 0.5) is 5.69 Å². The second kappa shape index (κ2) is 12.3. The number of ether oxygens (including phenoxy) is 1. The van der Waals surface area contributed by atoms with E-state index in [1.807, 2.05) is 48.0 Å². The molecule has 39 heavy (non-hydrogen) atoms. The fourth-order valence-electron chi connectivity index (χ4n) is 5.28. The summed E-state index contributed by atoms with van der Waals surface area (Å²) >= 11 is 1.45. The number of thiophene rings is 1. The van der Waals surface area contributed by atoms with Crippen molar-refractivity contribution in [3.05, 3.63) is 88.2 Å². The highest BCUT2D eigenvalue weighted by molar-refractivity contribution is 7.10. The predicted octanol–water partition coefficient (Wildman–Crippen LogP) is 6.17. The van der Waals surface area contributed by atoms with E-state index in [1.165, 1.54) is 17.8 Å². The average molecular weight is 544 g/mol. The zero-order chi connectivity index (χ0) is 27.2. The molecule has 1 atom stereocenters. The van der Waals surface area contributed by atoms with Crippen LogP contribution in [0.25, 0.3) is 10.9 Å². The van der Waals surface area contributed by atoms with E-state index < -0.39 is 12.0 Å². The van der Waals surface area contributed by atoms with E-state index >= 15 is 0 Å². The van der Waals surface area contributed by atoms with Crippen molar-refractivity contribution in [1.29, 1.82) is 0 Å². The number of fused-ring (bicyclic) bond motifs is 1. The summed E-state index contributed by atoms with van der Waals surface area (Å²) in [6, 6.07) is 17.6. The molecule has 0 saturated heterocycles. The van der Waals surface area contributed by atoms with Gasteiger partial charge in [0.25, 0.3) is 0 Å². The number of carbonyl (C=O) groups excluding carboxylic acids is 3. The van der Waals surface area contributed by atoms with Crippen molar-refractivity contribution >= 4 is 45.7 Å². The van der Waals surface area contributed by atoms with Crippen LogP contribution >= 0.6 is 11.3 Å². The number of anilines is 1. The summed E-state index contributed by atoms with van der Waals surface area (Å²) in [6.07, 6.45) is 7.22. The van der Waals surface area contributed by atoms with Crippen molar-refractivity contribution in [3.63, 3.8) is 0 Å². The van der Waals surface area contributed by atoms with E-state index in [1.54, 1.807) is 36.1 Å². The molecule has 1 saturated carbocycles. The first kappa shape index (κ1) is 26.7. The van der Waals surface area contributed by atoms with Gasteiger partial charge in [0, 0.05) is 33.7 Å². The summed E-state index contributed by atoms with van der Waals surface area (Å²) in [4.78, 5) is 46.0. The molecule has 5 rings (SSSR count). The monoisotopic (exact) mass is 543 g/mol. The summed E-state index contributed by atoms with van der Waals surface area (Å²) in [7, 11) is 0. The Bertz CT molecular complexity index is 1420. The molecule has 1 fully saturated rings. The first-order valence-corrected chi connectivity index (χ1v) is 14.4. The number of aromatic nitrogens is 1. The van der Waals surface area contributed by atoms with Gasteiger partial charge >= 0.3 is 5.97 Å². The molecule has 0 aliphatic heterocycles. The minimum Gasteiger partial charge on any atom is -0.462 e. The number of benzene rings is 2. The minimum atomic E-state index is -0.835. The lowest BCUT2D eigenvalue weighted by Crippen LogP contribution is -2.47. The summed E-state index contributed by atoms with van der Waals surface area (Å²) in [5.74, 6) is -0.822. The van der Waals surface area contributed by atoms with Crippen molar-refractivity contribution in [2.24, 2.45) is 0 Å². The molecule has 0 bridgehead atoms. The number of hydrogen-bond acceptors (Lipinski definition) is 5. The number of hydrogen-bond donors (Lipinski definition) is 2. The van der Waals surface area contributed by atoms with Gasteiger partial charge in [0.1, 0.15) is 6.04 Å². The maximum Gasteiger partial charge on any atom is 0.338 e. The standard InChI is InChI=1S/C31H33N3O4S/c1-2-38-31(37)21-14-16-24(17-15-21)34(28(35)19-22-20-32-26-12-7-6-11-25(22)26)29(27-13-8-18-39-27)30(36)33-23-9-4-3-5-10-23/h6-8,11-18,20,23,29,32H,2-5,9-10,19H2,1H3,(H,33,36)/t29-/m1/s1. The number of carbonyl (C=O) groups is 3. The lowest BCUT2D eigenvalue weighted by atomic mass is 9.95. The van der Waals surface area contributed by atoms with Gasteiger partial charge in [-0.25, -0.2) is 4.79 Å². The molecule has 2 amide bonds. The zero-order valence-corrected chi connectivity index (χ0v) is 22.8. The fraction of sp³-hybridized carbons (Fsp3) is 0.323. The first-order chi connectivity index (χ1) is 19.0. The molecule has 2 aromatic carbocycles. The average Bonchev–Trinajstić information content (AvgIpc) is 3.63. The lowest BCUT2D eigenvalue weighted by molar-refractivity contribution is -0.127. The summed E-state index contributed by atoms with van der Waals surface area (Å²) in [6.45, 7) is 2.03. The number of esters is 1. The van der Waals surface area contributed by atoms with Crippen molar-refractivity contribution in [3.8, 4) is 0 Å². The van der Waals surface area contributed by atoms with E-state index in [9.17, 15) is 14.4 Å². The largest absolute Gasteiger partial charge is 0.462 e. The number of nitrogens with one attached hydrogen (secondary N) is 2. The number of rotatable bonds is 9. The Morgan fingerprint density at radius 1 is 1.03 bits per heavy atom. The second-order valence-corrected chi connectivity index (χ2v) is 10.8. The molecule has 1 aliphatic carbocycles. The van der Waals surface area contributed by atoms with E-state index in [0.29, 0.717) is 11.3 Å². The maximum absolute atomic E-state index is 14.2. The van der Waals surface area contributed by atoms with Gasteiger partial charge in [-0.1, -0.05) is 43.5 Å². The maximum atomic E-state index is 14.2. The van der Waals surface area contributed by atoms with Gasteiger partial charge < -0.3 is 15.0 Å². The highest BCUT2D eigenvalue weighted by Gasteiger charge is 2.35. The molecular formula is C31H33N3O4S. The molecule has 7 nitrogen and oxygen atoms in total. The normalized spacial score (nSPS) is 14.6. The van der Waals surface area contributed by atoms with Crippen LogP contribution in [0.1, 0.15) is 65.9 Å². The van der Waals surface area contributed by atoms with Crippen molar-refractivity contribution in [2.75, 3.05) is 11.5 Å². The third kappa shape index (κ3) is 6.06. The molecular weight excluding hydrogens is 510 g/mol. The van der Waals surface area contributed by atoms with Crippen LogP contribution in [0, 0.1) is 0 Å². The van der Waals surface area contributed by atoms with Crippen LogP contribution in [0.3, 0.4) is 0 Å². The van der Waals surface area contributed by atoms with Gasteiger partial charge in [-0.2, -0.15) is 0 Å². The topological polar surface area (TPSA) is 91.5 Å². The summed E-state index contributed by atoms with van der Waals surface area (Å²) < 4.78 is 5.13. The SMILES string of the molecule is CCOC(=O)c1ccc(N(C(=O)Cc2c[nH]c3ccccc23)[C@@H](C(=O)NC2CCCCC2)c2cccs2)cc1. The quantitative estimate of drug-likeness (QED) is 0.247. The molecule has 8 heteroatoms. The Morgan fingerprint density at radius 2 is 1.79 bits per heavy atom. The number of para-hydroxylation sites is 1. The third-order valence-corrected chi connectivity index (χ3v) is 8.14. The molecule has 0 spiro atoms. The van der Waals surface area contributed by atoms with Crippen molar-refractivity contribution < 1.29 is 19.1 Å². The van der Waals surface area contributed by atoms with E-state index in [-0.39, 0.29) is 30.9 Å². The van der Waals surface area contributed by atoms with Crippen molar-refractivity contribution in [1.82, 2.24) is 10.3 Å². The molecule has 4 aromatic rings. The van der Waals surface area contributed by atoms with Gasteiger partial charge in [0.15, 0.2) is 0 Å². The van der Waals surface area contributed by atoms with Crippen LogP contribution < -0.4 is 10.2 Å². The van der Waals surface area contributed by atoms with Crippen LogP contribution in [0.15, 0.2) is 72.2 Å². The highest BCUT2D eigenvalue weighted by Crippen LogP contribution is 2.33. The Morgan fingerprint density at radius 3 is 2.51 bits per heavy atom. The van der Waals surface area contributed by atoms with Crippen LogP contribution in [0.5, 0.6) is 0 Å². The van der Waals surface area contributed by atoms with Gasteiger partial charge in [0.2, 0.25) is 11.8 Å². The van der Waals surface area contributed by atoms with Crippen molar-refractivity contribution in [2.45, 2.75) is 57.5 Å². The van der Waals surface area contributed by atoms with E-state index in [2.05, 4.69) is 10.3 Å². The molecule has 202 valence electrons. The molecule has 0 unspecified atom stereocenters. The molecule has 1 aliphatic rings. The molecule has 2 aromatic heterocycles. The summed E-state index contributed by atoms with van der Waals surface area (Å²) in [5.41, 5.74) is 2.76. The van der Waals surface area contributed by atoms with E-state index in [0.717, 1.165) is 47.0 Å². The van der Waals surface area contributed by atoms with Crippen LogP contribution in [0.2, 0.25) is 0 Å². The fourth-order valence-corrected chi connectivity index (χ4v) is 6.10. The highest BCUT2D eigenvalue weighted by atomic mass is 32.1. The number of nitrogens with zero attached hydrogens (tertiary/aromatic N) is 1. The Kier molecular flexibility index (Phi) is 8.42. The van der Waals surface area contributed by atoms with Gasteiger partial charge in [0.05, 0.1) is 18.6 Å². The number of H-pyrrole nitrogens is 1. The number of aromatic amines is 1.